The Balaban J connectivity index is 1.54. The van der Waals surface area contributed by atoms with Gasteiger partial charge in [0.1, 0.15) is 40.4 Å². The van der Waals surface area contributed by atoms with Crippen molar-refractivity contribution in [3.05, 3.63) is 88.7 Å². The maximum Gasteiger partial charge on any atom is 0.349 e. The van der Waals surface area contributed by atoms with Gasteiger partial charge in [-0.2, -0.15) is 5.26 Å². The summed E-state index contributed by atoms with van der Waals surface area (Å²) in [5.41, 5.74) is 7.86. The monoisotopic (exact) mass is 416 g/mol. The van der Waals surface area contributed by atoms with Gasteiger partial charge < -0.3 is 24.4 Å². The number of carbonyl (C=O) groups is 1. The summed E-state index contributed by atoms with van der Waals surface area (Å²) in [6, 6.07) is 18.1. The number of para-hydroxylation sites is 1. The first kappa shape index (κ1) is 20.1. The third-order valence-electron chi connectivity index (χ3n) is 4.91. The SMILES string of the molecule is Cc1ccc(C2C(C#N)=C(N)Oc3cc(OC(=O)COc4ccccc4C)ccc32)o1. The lowest BCUT2D eigenvalue weighted by Gasteiger charge is -2.25. The summed E-state index contributed by atoms with van der Waals surface area (Å²) in [5, 5.41) is 9.58. The van der Waals surface area contributed by atoms with Crippen molar-refractivity contribution in [2.45, 2.75) is 19.8 Å². The molecule has 7 nitrogen and oxygen atoms in total. The minimum Gasteiger partial charge on any atom is -0.482 e. The van der Waals surface area contributed by atoms with Gasteiger partial charge in [0, 0.05) is 11.6 Å². The molecule has 7 heteroatoms. The fourth-order valence-electron chi connectivity index (χ4n) is 3.42. The van der Waals surface area contributed by atoms with Gasteiger partial charge in [-0.3, -0.25) is 0 Å². The second-order valence-electron chi connectivity index (χ2n) is 7.10. The summed E-state index contributed by atoms with van der Waals surface area (Å²) >= 11 is 0. The third-order valence-corrected chi connectivity index (χ3v) is 4.91. The number of allylic oxidation sites excluding steroid dienone is 1. The highest BCUT2D eigenvalue weighted by Gasteiger charge is 2.33. The van der Waals surface area contributed by atoms with Crippen LogP contribution in [-0.4, -0.2) is 12.6 Å². The molecule has 1 atom stereocenters. The zero-order chi connectivity index (χ0) is 22.0. The van der Waals surface area contributed by atoms with E-state index in [1.807, 2.05) is 38.1 Å². The number of esters is 1. The highest BCUT2D eigenvalue weighted by molar-refractivity contribution is 5.74. The van der Waals surface area contributed by atoms with Crippen molar-refractivity contribution < 1.29 is 23.4 Å². The summed E-state index contributed by atoms with van der Waals surface area (Å²) < 4.78 is 22.3. The number of hydrogen-bond donors (Lipinski definition) is 1. The number of benzene rings is 2. The van der Waals surface area contributed by atoms with Crippen LogP contribution in [0.2, 0.25) is 0 Å². The van der Waals surface area contributed by atoms with Gasteiger partial charge in [0.25, 0.3) is 0 Å². The number of nitrogens with zero attached hydrogens (tertiary/aromatic N) is 1. The molecule has 1 unspecified atom stereocenters. The first-order chi connectivity index (χ1) is 15.0. The van der Waals surface area contributed by atoms with Crippen LogP contribution in [-0.2, 0) is 4.79 Å². The summed E-state index contributed by atoms with van der Waals surface area (Å²) in [5.74, 6) is 1.51. The molecule has 0 amide bonds. The van der Waals surface area contributed by atoms with E-state index in [2.05, 4.69) is 6.07 Å². The molecule has 4 rings (SSSR count). The predicted octanol–water partition coefficient (Wildman–Crippen LogP) is 4.10. The van der Waals surface area contributed by atoms with Gasteiger partial charge in [0.05, 0.1) is 5.92 Å². The minimum absolute atomic E-state index is 0.0135. The molecule has 0 radical (unpaired) electrons. The molecule has 1 aliphatic rings. The van der Waals surface area contributed by atoms with E-state index >= 15 is 0 Å². The molecule has 3 aromatic rings. The van der Waals surface area contributed by atoms with Crippen molar-refractivity contribution in [2.75, 3.05) is 6.61 Å². The second kappa shape index (κ2) is 8.28. The molecule has 0 bridgehead atoms. The lowest BCUT2D eigenvalue weighted by atomic mass is 9.87. The fraction of sp³-hybridized carbons (Fsp3) is 0.167. The highest BCUT2D eigenvalue weighted by atomic mass is 16.6. The van der Waals surface area contributed by atoms with Crippen molar-refractivity contribution in [1.29, 1.82) is 5.26 Å². The van der Waals surface area contributed by atoms with Crippen LogP contribution in [0.5, 0.6) is 17.2 Å². The molecular weight excluding hydrogens is 396 g/mol. The minimum atomic E-state index is -0.557. The van der Waals surface area contributed by atoms with Crippen molar-refractivity contribution >= 4 is 5.97 Å². The molecule has 0 fully saturated rings. The van der Waals surface area contributed by atoms with Crippen molar-refractivity contribution in [2.24, 2.45) is 5.73 Å². The largest absolute Gasteiger partial charge is 0.482 e. The van der Waals surface area contributed by atoms with Crippen LogP contribution < -0.4 is 19.9 Å². The third kappa shape index (κ3) is 4.09. The standard InChI is InChI=1S/C24H20N2O5/c1-14-5-3-4-6-19(14)28-13-22(27)30-16-8-9-17-21(11-16)31-24(26)18(12-25)23(17)20-10-7-15(2)29-20/h3-11,23H,13,26H2,1-2H3. The van der Waals surface area contributed by atoms with Gasteiger partial charge in [0.15, 0.2) is 6.61 Å². The summed E-state index contributed by atoms with van der Waals surface area (Å²) in [7, 11) is 0. The average Bonchev–Trinajstić information content (AvgIpc) is 3.18. The number of ether oxygens (including phenoxy) is 3. The van der Waals surface area contributed by atoms with Crippen molar-refractivity contribution in [3.63, 3.8) is 0 Å². The lowest BCUT2D eigenvalue weighted by molar-refractivity contribution is -0.136. The number of aryl methyl sites for hydroxylation is 2. The quantitative estimate of drug-likeness (QED) is 0.493. The Hall–Kier alpha value is -4.18. The number of fused-ring (bicyclic) bond motifs is 1. The summed E-state index contributed by atoms with van der Waals surface area (Å²) in [4.78, 5) is 12.2. The van der Waals surface area contributed by atoms with Gasteiger partial charge in [-0.15, -0.1) is 0 Å². The average molecular weight is 416 g/mol. The van der Waals surface area contributed by atoms with Crippen LogP contribution in [0.4, 0.5) is 0 Å². The van der Waals surface area contributed by atoms with Gasteiger partial charge >= 0.3 is 5.97 Å². The Morgan fingerprint density at radius 3 is 2.68 bits per heavy atom. The Morgan fingerprint density at radius 1 is 1.16 bits per heavy atom. The number of carbonyl (C=O) groups excluding carboxylic acids is 1. The van der Waals surface area contributed by atoms with E-state index in [-0.39, 0.29) is 23.8 Å². The maximum atomic E-state index is 12.2. The number of rotatable bonds is 5. The van der Waals surface area contributed by atoms with Gasteiger partial charge in [-0.25, -0.2) is 4.79 Å². The molecular formula is C24H20N2O5. The number of nitrogens with two attached hydrogens (primary N) is 1. The Kier molecular flexibility index (Phi) is 5.37. The zero-order valence-corrected chi connectivity index (χ0v) is 17.0. The normalized spacial score (nSPS) is 14.9. The zero-order valence-electron chi connectivity index (χ0n) is 17.0. The van der Waals surface area contributed by atoms with E-state index in [1.165, 1.54) is 0 Å². The maximum absolute atomic E-state index is 12.2. The van der Waals surface area contributed by atoms with E-state index in [0.29, 0.717) is 22.8 Å². The van der Waals surface area contributed by atoms with Crippen molar-refractivity contribution in [3.8, 4) is 23.3 Å². The van der Waals surface area contributed by atoms with Crippen LogP contribution in [0.3, 0.4) is 0 Å². The fourth-order valence-corrected chi connectivity index (χ4v) is 3.42. The van der Waals surface area contributed by atoms with Crippen LogP contribution in [0.1, 0.15) is 28.6 Å². The molecule has 0 aliphatic carbocycles. The van der Waals surface area contributed by atoms with Gasteiger partial charge in [0.2, 0.25) is 5.88 Å². The molecule has 2 N–H and O–H groups in total. The molecule has 2 aromatic carbocycles. The van der Waals surface area contributed by atoms with E-state index < -0.39 is 11.9 Å². The molecule has 0 saturated heterocycles. The van der Waals surface area contributed by atoms with Crippen molar-refractivity contribution in [1.82, 2.24) is 0 Å². The first-order valence-corrected chi connectivity index (χ1v) is 9.63. The van der Waals surface area contributed by atoms with E-state index in [4.69, 9.17) is 24.4 Å². The topological polar surface area (TPSA) is 108 Å². The first-order valence-electron chi connectivity index (χ1n) is 9.63. The van der Waals surface area contributed by atoms with Gasteiger partial charge in [-0.1, -0.05) is 24.3 Å². The lowest BCUT2D eigenvalue weighted by Crippen LogP contribution is -2.21. The summed E-state index contributed by atoms with van der Waals surface area (Å²) in [6.07, 6.45) is 0. The number of nitriles is 1. The number of hydrogen-bond acceptors (Lipinski definition) is 7. The second-order valence-corrected chi connectivity index (χ2v) is 7.10. The van der Waals surface area contributed by atoms with Gasteiger partial charge in [-0.05, 0) is 43.7 Å². The molecule has 0 saturated carbocycles. The van der Waals surface area contributed by atoms with Crippen LogP contribution in [0.15, 0.2) is 70.5 Å². The molecule has 31 heavy (non-hydrogen) atoms. The van der Waals surface area contributed by atoms with Crippen LogP contribution in [0.25, 0.3) is 0 Å². The van der Waals surface area contributed by atoms with Crippen LogP contribution in [0, 0.1) is 25.2 Å². The Morgan fingerprint density at radius 2 is 1.97 bits per heavy atom. The molecule has 1 aromatic heterocycles. The van der Waals surface area contributed by atoms with Crippen LogP contribution >= 0.6 is 0 Å². The molecule has 2 heterocycles. The Labute approximate surface area is 179 Å². The summed E-state index contributed by atoms with van der Waals surface area (Å²) in [6.45, 7) is 3.48. The molecule has 1 aliphatic heterocycles. The smallest absolute Gasteiger partial charge is 0.349 e. The Bertz CT molecular complexity index is 1220. The molecule has 156 valence electrons. The predicted molar refractivity (Wildman–Crippen MR) is 111 cm³/mol. The number of furan rings is 1. The van der Waals surface area contributed by atoms with E-state index in [0.717, 1.165) is 11.3 Å². The molecule has 0 spiro atoms. The highest BCUT2D eigenvalue weighted by Crippen LogP contribution is 2.43. The van der Waals surface area contributed by atoms with E-state index in [1.54, 1.807) is 30.3 Å². The van der Waals surface area contributed by atoms with E-state index in [9.17, 15) is 10.1 Å².